The number of aromatic nitrogens is 2. The SMILES string of the molecule is NC(=O)CCCNC(=O)Cn1cc(N)cn1. The molecule has 0 aliphatic heterocycles. The van der Waals surface area contributed by atoms with E-state index in [1.165, 1.54) is 10.9 Å². The molecule has 0 bridgehead atoms. The first-order valence-corrected chi connectivity index (χ1v) is 4.91. The van der Waals surface area contributed by atoms with Crippen LogP contribution >= 0.6 is 0 Å². The maximum absolute atomic E-state index is 11.3. The van der Waals surface area contributed by atoms with E-state index >= 15 is 0 Å². The molecule has 0 saturated carbocycles. The van der Waals surface area contributed by atoms with E-state index in [0.717, 1.165) is 0 Å². The summed E-state index contributed by atoms with van der Waals surface area (Å²) in [6, 6.07) is 0. The highest BCUT2D eigenvalue weighted by Gasteiger charge is 2.03. The number of nitrogens with one attached hydrogen (secondary N) is 1. The van der Waals surface area contributed by atoms with Crippen LogP contribution in [0, 0.1) is 0 Å². The number of rotatable bonds is 6. The maximum Gasteiger partial charge on any atom is 0.241 e. The van der Waals surface area contributed by atoms with E-state index in [1.54, 1.807) is 6.20 Å². The van der Waals surface area contributed by atoms with Crippen LogP contribution < -0.4 is 16.8 Å². The quantitative estimate of drug-likeness (QED) is 0.530. The normalized spacial score (nSPS) is 10.0. The second-order valence-electron chi connectivity index (χ2n) is 3.39. The van der Waals surface area contributed by atoms with E-state index in [4.69, 9.17) is 11.5 Å². The molecule has 88 valence electrons. The summed E-state index contributed by atoms with van der Waals surface area (Å²) in [5.74, 6) is -0.540. The zero-order valence-corrected chi connectivity index (χ0v) is 8.85. The van der Waals surface area contributed by atoms with Crippen LogP contribution in [0.4, 0.5) is 5.69 Å². The lowest BCUT2D eigenvalue weighted by atomic mass is 10.3. The molecule has 1 aromatic rings. The molecule has 0 fully saturated rings. The highest BCUT2D eigenvalue weighted by Crippen LogP contribution is 1.96. The third kappa shape index (κ3) is 4.45. The Bertz CT molecular complexity index is 374. The fraction of sp³-hybridized carbons (Fsp3) is 0.444. The largest absolute Gasteiger partial charge is 0.396 e. The fourth-order valence-corrected chi connectivity index (χ4v) is 1.16. The molecule has 7 heteroatoms. The van der Waals surface area contributed by atoms with E-state index in [1.807, 2.05) is 0 Å². The average molecular weight is 225 g/mol. The van der Waals surface area contributed by atoms with Gasteiger partial charge < -0.3 is 16.8 Å². The molecule has 1 heterocycles. The Labute approximate surface area is 92.8 Å². The van der Waals surface area contributed by atoms with Crippen molar-refractivity contribution in [1.82, 2.24) is 15.1 Å². The number of carbonyl (C=O) groups excluding carboxylic acids is 2. The molecule has 16 heavy (non-hydrogen) atoms. The van der Waals surface area contributed by atoms with Gasteiger partial charge in [-0.05, 0) is 6.42 Å². The minimum atomic E-state index is -0.367. The van der Waals surface area contributed by atoms with Gasteiger partial charge in [-0.2, -0.15) is 5.10 Å². The third-order valence-corrected chi connectivity index (χ3v) is 1.88. The molecule has 5 N–H and O–H groups in total. The van der Waals surface area contributed by atoms with Gasteiger partial charge in [-0.25, -0.2) is 0 Å². The molecule has 0 unspecified atom stereocenters. The van der Waals surface area contributed by atoms with E-state index in [9.17, 15) is 9.59 Å². The van der Waals surface area contributed by atoms with Gasteiger partial charge in [-0.3, -0.25) is 14.3 Å². The lowest BCUT2D eigenvalue weighted by Gasteiger charge is -2.04. The zero-order chi connectivity index (χ0) is 12.0. The van der Waals surface area contributed by atoms with Crippen LogP contribution in [0.1, 0.15) is 12.8 Å². The van der Waals surface area contributed by atoms with Crippen LogP contribution in [0.3, 0.4) is 0 Å². The van der Waals surface area contributed by atoms with Crippen molar-refractivity contribution in [2.45, 2.75) is 19.4 Å². The average Bonchev–Trinajstić information content (AvgIpc) is 2.58. The van der Waals surface area contributed by atoms with Crippen molar-refractivity contribution < 1.29 is 9.59 Å². The van der Waals surface area contributed by atoms with Crippen LogP contribution in [0.5, 0.6) is 0 Å². The van der Waals surface area contributed by atoms with E-state index < -0.39 is 0 Å². The molecule has 0 atom stereocenters. The van der Waals surface area contributed by atoms with Gasteiger partial charge in [0.25, 0.3) is 0 Å². The number of hydrogen-bond donors (Lipinski definition) is 3. The number of primary amides is 1. The predicted molar refractivity (Wildman–Crippen MR) is 58.1 cm³/mol. The van der Waals surface area contributed by atoms with Gasteiger partial charge in [0.15, 0.2) is 0 Å². The molecular formula is C9H15N5O2. The topological polar surface area (TPSA) is 116 Å². The highest BCUT2D eigenvalue weighted by atomic mass is 16.2. The summed E-state index contributed by atoms with van der Waals surface area (Å²) in [7, 11) is 0. The molecule has 1 aromatic heterocycles. The lowest BCUT2D eigenvalue weighted by Crippen LogP contribution is -2.29. The molecule has 2 amide bonds. The van der Waals surface area contributed by atoms with E-state index in [-0.39, 0.29) is 24.8 Å². The number of hydrogen-bond acceptors (Lipinski definition) is 4. The smallest absolute Gasteiger partial charge is 0.241 e. The molecule has 0 aromatic carbocycles. The summed E-state index contributed by atoms with van der Waals surface area (Å²) >= 11 is 0. The van der Waals surface area contributed by atoms with E-state index in [2.05, 4.69) is 10.4 Å². The molecule has 0 radical (unpaired) electrons. The van der Waals surface area contributed by atoms with Crippen molar-refractivity contribution in [1.29, 1.82) is 0 Å². The molecule has 0 aliphatic rings. The van der Waals surface area contributed by atoms with Crippen molar-refractivity contribution in [3.63, 3.8) is 0 Å². The summed E-state index contributed by atoms with van der Waals surface area (Å²) in [5.41, 5.74) is 10.9. The standard InChI is InChI=1S/C9H15N5O2/c10-7-4-13-14(5-7)6-9(16)12-3-1-2-8(11)15/h4-5H,1-3,6,10H2,(H2,11,15)(H,12,16). The van der Waals surface area contributed by atoms with Crippen molar-refractivity contribution in [3.05, 3.63) is 12.4 Å². The molecule has 1 rings (SSSR count). The Hall–Kier alpha value is -2.05. The van der Waals surface area contributed by atoms with Crippen LogP contribution in [0.15, 0.2) is 12.4 Å². The van der Waals surface area contributed by atoms with Crippen LogP contribution in [-0.2, 0) is 16.1 Å². The van der Waals surface area contributed by atoms with Gasteiger partial charge in [-0.1, -0.05) is 0 Å². The Balaban J connectivity index is 2.18. The molecule has 0 saturated heterocycles. The first-order valence-electron chi connectivity index (χ1n) is 4.91. The maximum atomic E-state index is 11.3. The number of carbonyl (C=O) groups is 2. The first kappa shape index (κ1) is 12.0. The summed E-state index contributed by atoms with van der Waals surface area (Å²) < 4.78 is 1.44. The van der Waals surface area contributed by atoms with Crippen LogP contribution in [-0.4, -0.2) is 28.1 Å². The van der Waals surface area contributed by atoms with Crippen molar-refractivity contribution in [2.75, 3.05) is 12.3 Å². The third-order valence-electron chi connectivity index (χ3n) is 1.88. The zero-order valence-electron chi connectivity index (χ0n) is 8.85. The number of anilines is 1. The molecular weight excluding hydrogens is 210 g/mol. The predicted octanol–water partition coefficient (Wildman–Crippen LogP) is -1.15. The molecule has 7 nitrogen and oxygen atoms in total. The Kier molecular flexibility index (Phi) is 4.31. The second-order valence-corrected chi connectivity index (χ2v) is 3.39. The number of nitrogen functional groups attached to an aromatic ring is 1. The van der Waals surface area contributed by atoms with Crippen molar-refractivity contribution in [2.24, 2.45) is 5.73 Å². The number of nitrogens with two attached hydrogens (primary N) is 2. The molecule has 0 aliphatic carbocycles. The van der Waals surface area contributed by atoms with Gasteiger partial charge in [-0.15, -0.1) is 0 Å². The Morgan fingerprint density at radius 3 is 2.81 bits per heavy atom. The van der Waals surface area contributed by atoms with Crippen LogP contribution in [0.2, 0.25) is 0 Å². The van der Waals surface area contributed by atoms with Gasteiger partial charge in [0, 0.05) is 19.2 Å². The first-order chi connectivity index (χ1) is 7.58. The second kappa shape index (κ2) is 5.74. The van der Waals surface area contributed by atoms with Gasteiger partial charge in [0.2, 0.25) is 11.8 Å². The minimum Gasteiger partial charge on any atom is -0.396 e. The van der Waals surface area contributed by atoms with Crippen LogP contribution in [0.25, 0.3) is 0 Å². The number of nitrogens with zero attached hydrogens (tertiary/aromatic N) is 2. The Morgan fingerprint density at radius 2 is 2.25 bits per heavy atom. The van der Waals surface area contributed by atoms with Crippen molar-refractivity contribution >= 4 is 17.5 Å². The summed E-state index contributed by atoms with van der Waals surface area (Å²) in [6.45, 7) is 0.548. The van der Waals surface area contributed by atoms with Gasteiger partial charge >= 0.3 is 0 Å². The van der Waals surface area contributed by atoms with E-state index in [0.29, 0.717) is 18.7 Å². The molecule has 0 spiro atoms. The Morgan fingerprint density at radius 1 is 1.50 bits per heavy atom. The lowest BCUT2D eigenvalue weighted by molar-refractivity contribution is -0.122. The summed E-state index contributed by atoms with van der Waals surface area (Å²) in [4.78, 5) is 21.8. The fourth-order valence-electron chi connectivity index (χ4n) is 1.16. The van der Waals surface area contributed by atoms with Gasteiger partial charge in [0.05, 0.1) is 11.9 Å². The highest BCUT2D eigenvalue weighted by molar-refractivity contribution is 5.76. The van der Waals surface area contributed by atoms with Crippen molar-refractivity contribution in [3.8, 4) is 0 Å². The summed E-state index contributed by atoms with van der Waals surface area (Å²) in [5, 5.41) is 6.52. The van der Waals surface area contributed by atoms with Gasteiger partial charge in [0.1, 0.15) is 6.54 Å². The monoisotopic (exact) mass is 225 g/mol. The summed E-state index contributed by atoms with van der Waals surface area (Å²) in [6.07, 6.45) is 3.86. The minimum absolute atomic E-state index is 0.119. The number of amides is 2.